The van der Waals surface area contributed by atoms with Crippen molar-refractivity contribution >= 4 is 62.1 Å². The minimum absolute atomic E-state index is 0.294. The van der Waals surface area contributed by atoms with Gasteiger partial charge in [-0.05, 0) is 82.1 Å². The summed E-state index contributed by atoms with van der Waals surface area (Å²) in [5.74, 6) is 1.05. The van der Waals surface area contributed by atoms with Gasteiger partial charge in [0.1, 0.15) is 0 Å². The highest BCUT2D eigenvalue weighted by Crippen LogP contribution is 2.48. The summed E-state index contributed by atoms with van der Waals surface area (Å²) in [4.78, 5) is 15.6. The molecular weight excluding hydrogens is 731 g/mol. The summed E-state index contributed by atoms with van der Waals surface area (Å²) in [6.45, 7) is 9.30. The van der Waals surface area contributed by atoms with E-state index in [0.717, 1.165) is 55.2 Å². The minimum atomic E-state index is -0.294. The number of aromatic nitrogens is 2. The van der Waals surface area contributed by atoms with Crippen LogP contribution in [-0.2, 0) is 12.0 Å². The van der Waals surface area contributed by atoms with Gasteiger partial charge in [-0.1, -0.05) is 166 Å². The Morgan fingerprint density at radius 3 is 1.73 bits per heavy atom. The molecule has 60 heavy (non-hydrogen) atoms. The van der Waals surface area contributed by atoms with Crippen LogP contribution in [0.3, 0.4) is 0 Å². The van der Waals surface area contributed by atoms with Gasteiger partial charge in [0, 0.05) is 32.5 Å². The zero-order chi connectivity index (χ0) is 40.4. The fraction of sp³-hybridized carbons (Fsp3) is 0.0727. The van der Waals surface area contributed by atoms with E-state index >= 15 is 0 Å². The number of hydrogen-bond donors (Lipinski definition) is 0. The third-order valence-electron chi connectivity index (χ3n) is 12.3. The number of rotatable bonds is 5. The smallest absolute Gasteiger partial charge is 0.236 e. The summed E-state index contributed by atoms with van der Waals surface area (Å²) in [6.07, 6.45) is 0. The van der Waals surface area contributed by atoms with Gasteiger partial charge in [-0.15, -0.1) is 0 Å². The van der Waals surface area contributed by atoms with Crippen molar-refractivity contribution in [2.45, 2.75) is 25.8 Å². The van der Waals surface area contributed by atoms with E-state index in [1.807, 2.05) is 6.07 Å². The zero-order valence-corrected chi connectivity index (χ0v) is 33.5. The van der Waals surface area contributed by atoms with E-state index in [9.17, 15) is 0 Å². The van der Waals surface area contributed by atoms with Crippen LogP contribution in [0.25, 0.3) is 71.6 Å². The van der Waals surface area contributed by atoms with Gasteiger partial charge in [-0.3, -0.25) is 9.56 Å². The van der Waals surface area contributed by atoms with Crippen LogP contribution in [0.1, 0.15) is 36.1 Å². The van der Waals surface area contributed by atoms with Crippen molar-refractivity contribution in [3.05, 3.63) is 210 Å². The van der Waals surface area contributed by atoms with Gasteiger partial charge < -0.3 is 4.57 Å². The largest absolute Gasteiger partial charge is 0.309 e. The molecule has 0 saturated carbocycles. The first-order valence-corrected chi connectivity index (χ1v) is 20.5. The second-order valence-corrected chi connectivity index (χ2v) is 16.1. The van der Waals surface area contributed by atoms with E-state index < -0.39 is 0 Å². The number of nitrogens with zero attached hydrogens (tertiary/aromatic N) is 5. The van der Waals surface area contributed by atoms with Crippen molar-refractivity contribution in [3.63, 3.8) is 0 Å². The number of amidine groups is 1. The van der Waals surface area contributed by atoms with E-state index in [1.165, 1.54) is 38.6 Å². The lowest BCUT2D eigenvalue weighted by Crippen LogP contribution is -2.26. The molecule has 0 unspecified atom stereocenters. The van der Waals surface area contributed by atoms with Crippen molar-refractivity contribution in [2.75, 3.05) is 0 Å². The van der Waals surface area contributed by atoms with Crippen molar-refractivity contribution in [1.82, 2.24) is 9.13 Å². The molecule has 1 aliphatic heterocycles. The highest BCUT2D eigenvalue weighted by atomic mass is 15.2. The van der Waals surface area contributed by atoms with Gasteiger partial charge in [0.25, 0.3) is 0 Å². The molecule has 0 radical (unpaired) electrons. The molecule has 0 aliphatic carbocycles. The van der Waals surface area contributed by atoms with Gasteiger partial charge in [-0.2, -0.15) is 4.99 Å². The van der Waals surface area contributed by atoms with Gasteiger partial charge in [-0.25, -0.2) is 4.99 Å². The van der Waals surface area contributed by atoms with E-state index in [4.69, 9.17) is 15.0 Å². The predicted molar refractivity (Wildman–Crippen MR) is 252 cm³/mol. The third kappa shape index (κ3) is 5.65. The molecule has 10 aromatic rings. The van der Waals surface area contributed by atoms with Gasteiger partial charge in [0.15, 0.2) is 5.84 Å². The van der Waals surface area contributed by atoms with E-state index in [2.05, 4.69) is 212 Å². The fourth-order valence-corrected chi connectivity index (χ4v) is 9.34. The molecule has 0 bridgehead atoms. The Bertz CT molecular complexity index is 3270. The van der Waals surface area contributed by atoms with Crippen LogP contribution >= 0.6 is 0 Å². The molecule has 2 aromatic heterocycles. The Labute approximate surface area is 349 Å². The number of hydrogen-bond acceptors (Lipinski definition) is 1. The van der Waals surface area contributed by atoms with Gasteiger partial charge >= 0.3 is 0 Å². The Morgan fingerprint density at radius 2 is 1.08 bits per heavy atom. The summed E-state index contributed by atoms with van der Waals surface area (Å²) < 4.78 is 4.61. The van der Waals surface area contributed by atoms with Crippen molar-refractivity contribution in [1.29, 1.82) is 0 Å². The second kappa shape index (κ2) is 14.0. The number of aliphatic imine (C=N–C) groups is 3. The monoisotopic (exact) mass is 771 g/mol. The molecule has 11 rings (SSSR count). The fourth-order valence-electron chi connectivity index (χ4n) is 9.34. The molecule has 1 aliphatic rings. The zero-order valence-electron chi connectivity index (χ0n) is 33.5. The molecule has 0 fully saturated rings. The van der Waals surface area contributed by atoms with Crippen LogP contribution in [0.4, 0.5) is 0 Å². The molecule has 0 N–H and O–H groups in total. The Morgan fingerprint density at radius 1 is 0.517 bits per heavy atom. The number of fused-ring (bicyclic) bond motifs is 8. The van der Waals surface area contributed by atoms with Crippen LogP contribution in [0.5, 0.6) is 0 Å². The first-order valence-electron chi connectivity index (χ1n) is 20.5. The quantitative estimate of drug-likeness (QED) is 0.124. The van der Waals surface area contributed by atoms with Crippen LogP contribution in [0.15, 0.2) is 203 Å². The molecular formula is C55H41N5. The molecule has 286 valence electrons. The first-order chi connectivity index (χ1) is 29.5. The lowest BCUT2D eigenvalue weighted by atomic mass is 9.74. The van der Waals surface area contributed by atoms with Crippen LogP contribution in [0, 0.1) is 0 Å². The average molecular weight is 772 g/mol. The van der Waals surface area contributed by atoms with Crippen molar-refractivity contribution in [2.24, 2.45) is 15.0 Å². The standard InChI is InChI=1S/C55H41N5/c1-55(2)46-24-14-16-26-49(46)59-48-25-15-13-23-42(48)45-31-41(32-47(55)52(45)59)53(57-35-36-17-7-4-8-18-36)58-54(56-3)60-50-33-39(37-19-9-5-10-20-37)27-29-43(50)44-30-28-40(34-51(44)60)38-21-11-6-12-22-38/h4-34H,3,35H2,1-2H3. The summed E-state index contributed by atoms with van der Waals surface area (Å²) in [6, 6.07) is 66.9. The van der Waals surface area contributed by atoms with E-state index in [0.29, 0.717) is 18.3 Å². The summed E-state index contributed by atoms with van der Waals surface area (Å²) in [5.41, 5.74) is 14.4. The molecule has 0 atom stereocenters. The number of benzene rings is 8. The molecule has 0 amide bonds. The molecule has 3 heterocycles. The maximum Gasteiger partial charge on any atom is 0.236 e. The average Bonchev–Trinajstić information content (AvgIpc) is 3.81. The third-order valence-corrected chi connectivity index (χ3v) is 12.3. The molecule has 0 saturated heterocycles. The van der Waals surface area contributed by atoms with Crippen LogP contribution < -0.4 is 0 Å². The summed E-state index contributed by atoms with van der Waals surface area (Å²) in [7, 11) is 0. The molecule has 5 heteroatoms. The number of para-hydroxylation sites is 2. The molecule has 5 nitrogen and oxygen atoms in total. The molecule has 8 aromatic carbocycles. The van der Waals surface area contributed by atoms with Gasteiger partial charge in [0.05, 0.1) is 34.3 Å². The maximum atomic E-state index is 5.50. The van der Waals surface area contributed by atoms with Gasteiger partial charge in [0.2, 0.25) is 5.96 Å². The topological polar surface area (TPSA) is 46.9 Å². The molecule has 0 spiro atoms. The predicted octanol–water partition coefficient (Wildman–Crippen LogP) is 13.4. The Kier molecular flexibility index (Phi) is 8.31. The van der Waals surface area contributed by atoms with Crippen LogP contribution in [0.2, 0.25) is 0 Å². The Hall–Kier alpha value is -7.63. The van der Waals surface area contributed by atoms with E-state index in [-0.39, 0.29) is 5.41 Å². The highest BCUT2D eigenvalue weighted by molar-refractivity contribution is 6.19. The van der Waals surface area contributed by atoms with Crippen molar-refractivity contribution in [3.8, 4) is 27.9 Å². The van der Waals surface area contributed by atoms with Crippen LogP contribution in [-0.4, -0.2) is 27.6 Å². The Balaban J connectivity index is 1.19. The summed E-state index contributed by atoms with van der Waals surface area (Å²) >= 11 is 0. The lowest BCUT2D eigenvalue weighted by Gasteiger charge is -2.35. The second-order valence-electron chi connectivity index (χ2n) is 16.1. The SMILES string of the molecule is C=NC(=NC(=NCc1ccccc1)c1cc2c3c(c1)c1ccccc1n3-c1ccccc1C2(C)C)n1c2cc(-c3ccccc3)ccc2c2ccc(-c3ccccc3)cc21. The lowest BCUT2D eigenvalue weighted by molar-refractivity contribution is 0.630. The van der Waals surface area contributed by atoms with E-state index in [1.54, 1.807) is 0 Å². The highest BCUT2D eigenvalue weighted by Gasteiger charge is 2.35. The first kappa shape index (κ1) is 35.5. The minimum Gasteiger partial charge on any atom is -0.309 e. The van der Waals surface area contributed by atoms with Crippen molar-refractivity contribution < 1.29 is 0 Å². The normalized spacial score (nSPS) is 13.6. The summed E-state index contributed by atoms with van der Waals surface area (Å²) in [5, 5.41) is 4.60. The maximum absolute atomic E-state index is 5.50.